The lowest BCUT2D eigenvalue weighted by Gasteiger charge is -2.40. The van der Waals surface area contributed by atoms with E-state index < -0.39 is 0 Å². The van der Waals surface area contributed by atoms with Crippen molar-refractivity contribution in [1.82, 2.24) is 4.57 Å². The molecule has 3 rings (SSSR count). The molecule has 0 atom stereocenters. The number of carbonyl (C=O) groups excluding carboxylic acids is 1. The SMILES string of the molecule is CC1(C)CC(=O)c2ccn(CC3(C)CCC3)c2C1. The molecular weight excluding hydrogens is 222 g/mol. The molecule has 98 valence electrons. The van der Waals surface area contributed by atoms with E-state index in [1.54, 1.807) is 0 Å². The van der Waals surface area contributed by atoms with Crippen molar-refractivity contribution in [2.24, 2.45) is 10.8 Å². The molecular formula is C16H23NO. The van der Waals surface area contributed by atoms with Crippen molar-refractivity contribution in [2.45, 2.75) is 59.4 Å². The van der Waals surface area contributed by atoms with Crippen LogP contribution in [0, 0.1) is 10.8 Å². The van der Waals surface area contributed by atoms with Crippen LogP contribution in [0.1, 0.15) is 62.5 Å². The Morgan fingerprint density at radius 2 is 1.94 bits per heavy atom. The molecule has 0 bridgehead atoms. The van der Waals surface area contributed by atoms with Crippen molar-refractivity contribution in [1.29, 1.82) is 0 Å². The van der Waals surface area contributed by atoms with E-state index in [1.807, 2.05) is 6.07 Å². The van der Waals surface area contributed by atoms with Crippen LogP contribution < -0.4 is 0 Å². The number of hydrogen-bond donors (Lipinski definition) is 0. The fourth-order valence-corrected chi connectivity index (χ4v) is 3.50. The Balaban J connectivity index is 1.92. The number of nitrogens with zero attached hydrogens (tertiary/aromatic N) is 1. The number of hydrogen-bond acceptors (Lipinski definition) is 1. The lowest BCUT2D eigenvalue weighted by Crippen LogP contribution is -2.33. The fourth-order valence-electron chi connectivity index (χ4n) is 3.50. The summed E-state index contributed by atoms with van der Waals surface area (Å²) in [5, 5.41) is 0. The van der Waals surface area contributed by atoms with Gasteiger partial charge in [0.05, 0.1) is 0 Å². The zero-order valence-corrected chi connectivity index (χ0v) is 11.8. The van der Waals surface area contributed by atoms with Gasteiger partial charge in [-0.1, -0.05) is 27.2 Å². The van der Waals surface area contributed by atoms with Crippen molar-refractivity contribution in [3.8, 4) is 0 Å². The van der Waals surface area contributed by atoms with Crippen molar-refractivity contribution < 1.29 is 4.79 Å². The summed E-state index contributed by atoms with van der Waals surface area (Å²) < 4.78 is 2.35. The van der Waals surface area contributed by atoms with Crippen molar-refractivity contribution in [3.63, 3.8) is 0 Å². The summed E-state index contributed by atoms with van der Waals surface area (Å²) in [5.41, 5.74) is 2.86. The second kappa shape index (κ2) is 3.72. The molecule has 2 nitrogen and oxygen atoms in total. The first-order chi connectivity index (χ1) is 8.39. The van der Waals surface area contributed by atoms with Crippen LogP contribution in [0.5, 0.6) is 0 Å². The third-order valence-corrected chi connectivity index (χ3v) is 4.78. The summed E-state index contributed by atoms with van der Waals surface area (Å²) in [7, 11) is 0. The molecule has 1 aromatic rings. The van der Waals surface area contributed by atoms with E-state index in [-0.39, 0.29) is 5.41 Å². The van der Waals surface area contributed by atoms with Crippen LogP contribution in [0.3, 0.4) is 0 Å². The lowest BCUT2D eigenvalue weighted by molar-refractivity contribution is 0.0903. The molecule has 0 aliphatic heterocycles. The second-order valence-electron chi connectivity index (χ2n) is 7.41. The molecule has 0 amide bonds. The van der Waals surface area contributed by atoms with Crippen molar-refractivity contribution >= 4 is 5.78 Å². The molecule has 18 heavy (non-hydrogen) atoms. The van der Waals surface area contributed by atoms with E-state index in [9.17, 15) is 4.79 Å². The molecule has 0 saturated heterocycles. The highest BCUT2D eigenvalue weighted by molar-refractivity contribution is 5.98. The minimum absolute atomic E-state index is 0.126. The molecule has 0 unspecified atom stereocenters. The molecule has 0 N–H and O–H groups in total. The van der Waals surface area contributed by atoms with Crippen LogP contribution in [0.4, 0.5) is 0 Å². The van der Waals surface area contributed by atoms with Crippen LogP contribution in [0.2, 0.25) is 0 Å². The van der Waals surface area contributed by atoms with Crippen LogP contribution in [-0.2, 0) is 13.0 Å². The summed E-state index contributed by atoms with van der Waals surface area (Å²) in [6, 6.07) is 2.04. The summed E-state index contributed by atoms with van der Waals surface area (Å²) in [4.78, 5) is 12.2. The monoisotopic (exact) mass is 245 g/mol. The maximum absolute atomic E-state index is 12.2. The lowest BCUT2D eigenvalue weighted by atomic mass is 9.70. The smallest absolute Gasteiger partial charge is 0.165 e. The van der Waals surface area contributed by atoms with E-state index in [0.29, 0.717) is 17.6 Å². The first-order valence-electron chi connectivity index (χ1n) is 7.10. The quantitative estimate of drug-likeness (QED) is 0.776. The number of fused-ring (bicyclic) bond motifs is 1. The minimum atomic E-state index is 0.126. The number of carbonyl (C=O) groups is 1. The largest absolute Gasteiger partial charge is 0.350 e. The normalized spacial score (nSPS) is 24.5. The zero-order valence-electron chi connectivity index (χ0n) is 11.8. The zero-order chi connectivity index (χ0) is 13.0. The van der Waals surface area contributed by atoms with Gasteiger partial charge in [0, 0.05) is 30.4 Å². The second-order valence-corrected chi connectivity index (χ2v) is 7.41. The van der Waals surface area contributed by atoms with Gasteiger partial charge in [-0.05, 0) is 36.2 Å². The van der Waals surface area contributed by atoms with Gasteiger partial charge in [-0.2, -0.15) is 0 Å². The highest BCUT2D eigenvalue weighted by Gasteiger charge is 2.36. The third-order valence-electron chi connectivity index (χ3n) is 4.78. The van der Waals surface area contributed by atoms with E-state index in [4.69, 9.17) is 0 Å². The van der Waals surface area contributed by atoms with Crippen LogP contribution in [-0.4, -0.2) is 10.4 Å². The molecule has 2 heteroatoms. The van der Waals surface area contributed by atoms with Gasteiger partial charge in [0.25, 0.3) is 0 Å². The Bertz CT molecular complexity index is 491. The molecule has 1 heterocycles. The van der Waals surface area contributed by atoms with Crippen LogP contribution in [0.25, 0.3) is 0 Å². The molecule has 0 radical (unpaired) electrons. The topological polar surface area (TPSA) is 22.0 Å². The number of ketones is 1. The molecule has 0 spiro atoms. The molecule has 1 aromatic heterocycles. The van der Waals surface area contributed by atoms with Gasteiger partial charge in [-0.3, -0.25) is 4.79 Å². The van der Waals surface area contributed by atoms with E-state index in [0.717, 1.165) is 18.5 Å². The Morgan fingerprint density at radius 3 is 2.56 bits per heavy atom. The average Bonchev–Trinajstić information content (AvgIpc) is 2.57. The summed E-state index contributed by atoms with van der Waals surface area (Å²) in [6.07, 6.45) is 7.89. The van der Waals surface area contributed by atoms with Crippen molar-refractivity contribution in [2.75, 3.05) is 0 Å². The predicted molar refractivity (Wildman–Crippen MR) is 72.8 cm³/mol. The number of rotatable bonds is 2. The molecule has 1 saturated carbocycles. The van der Waals surface area contributed by atoms with E-state index in [2.05, 4.69) is 31.5 Å². The molecule has 2 aliphatic rings. The highest BCUT2D eigenvalue weighted by atomic mass is 16.1. The Morgan fingerprint density at radius 1 is 1.22 bits per heavy atom. The molecule has 0 aromatic carbocycles. The molecule has 1 fully saturated rings. The van der Waals surface area contributed by atoms with Crippen molar-refractivity contribution in [3.05, 3.63) is 23.5 Å². The van der Waals surface area contributed by atoms with Gasteiger partial charge in [0.2, 0.25) is 0 Å². The van der Waals surface area contributed by atoms with Crippen LogP contribution in [0.15, 0.2) is 12.3 Å². The maximum atomic E-state index is 12.2. The summed E-state index contributed by atoms with van der Waals surface area (Å²) >= 11 is 0. The van der Waals surface area contributed by atoms with E-state index in [1.165, 1.54) is 25.0 Å². The predicted octanol–water partition coefficient (Wildman–Crippen LogP) is 3.83. The Labute approximate surface area is 109 Å². The molecule has 2 aliphatic carbocycles. The average molecular weight is 245 g/mol. The third kappa shape index (κ3) is 1.92. The van der Waals surface area contributed by atoms with Gasteiger partial charge < -0.3 is 4.57 Å². The Kier molecular flexibility index (Phi) is 2.48. The first-order valence-corrected chi connectivity index (χ1v) is 7.10. The van der Waals surface area contributed by atoms with Gasteiger partial charge in [-0.25, -0.2) is 0 Å². The van der Waals surface area contributed by atoms with Gasteiger partial charge in [0.1, 0.15) is 0 Å². The maximum Gasteiger partial charge on any atom is 0.165 e. The summed E-state index contributed by atoms with van der Waals surface area (Å²) in [5.74, 6) is 0.332. The fraction of sp³-hybridized carbons (Fsp3) is 0.688. The number of Topliss-reactive ketones (excluding diaryl/α,β-unsaturated/α-hetero) is 1. The van der Waals surface area contributed by atoms with E-state index >= 15 is 0 Å². The standard InChI is InChI=1S/C16H23NO/c1-15(2)9-13-12(14(18)10-15)5-8-17(13)11-16(3)6-4-7-16/h5,8H,4,6-7,9-11H2,1-3H3. The summed E-state index contributed by atoms with van der Waals surface area (Å²) in [6.45, 7) is 7.87. The Hall–Kier alpha value is -1.05. The van der Waals surface area contributed by atoms with Gasteiger partial charge in [-0.15, -0.1) is 0 Å². The van der Waals surface area contributed by atoms with Gasteiger partial charge in [0.15, 0.2) is 5.78 Å². The highest BCUT2D eigenvalue weighted by Crippen LogP contribution is 2.43. The minimum Gasteiger partial charge on any atom is -0.350 e. The first kappa shape index (κ1) is 12.0. The van der Waals surface area contributed by atoms with Crippen LogP contribution >= 0.6 is 0 Å². The van der Waals surface area contributed by atoms with Gasteiger partial charge >= 0.3 is 0 Å². The number of aromatic nitrogens is 1.